The Hall–Kier alpha value is -0.820. The average Bonchev–Trinajstić information content (AvgIpc) is 2.00. The largest absolute Gasteiger partial charge is 0.446 e. The standard InChI is InChI=1S/C6H14N2O4S/c1-4-13(10,11)8-7-6(9)12-5(2)3/h5,8H,4H2,1-3H3,(H,7,9). The first-order valence-electron chi connectivity index (χ1n) is 3.83. The molecule has 78 valence electrons. The molecule has 13 heavy (non-hydrogen) atoms. The van der Waals surface area contributed by atoms with Gasteiger partial charge in [-0.2, -0.15) is 0 Å². The Morgan fingerprint density at radius 3 is 2.38 bits per heavy atom. The Morgan fingerprint density at radius 2 is 2.00 bits per heavy atom. The second kappa shape index (κ2) is 5.03. The maximum atomic E-state index is 10.8. The van der Waals surface area contributed by atoms with Gasteiger partial charge >= 0.3 is 6.09 Å². The van der Waals surface area contributed by atoms with Crippen molar-refractivity contribution in [2.24, 2.45) is 0 Å². The highest BCUT2D eigenvalue weighted by molar-refractivity contribution is 7.89. The molecule has 0 bridgehead atoms. The van der Waals surface area contributed by atoms with E-state index >= 15 is 0 Å². The van der Waals surface area contributed by atoms with E-state index in [4.69, 9.17) is 0 Å². The van der Waals surface area contributed by atoms with Gasteiger partial charge in [-0.3, -0.25) is 0 Å². The number of hydrogen-bond acceptors (Lipinski definition) is 4. The van der Waals surface area contributed by atoms with Crippen LogP contribution in [0.25, 0.3) is 0 Å². The highest BCUT2D eigenvalue weighted by atomic mass is 32.2. The van der Waals surface area contributed by atoms with Gasteiger partial charge < -0.3 is 4.74 Å². The lowest BCUT2D eigenvalue weighted by Gasteiger charge is -2.09. The van der Waals surface area contributed by atoms with Crippen molar-refractivity contribution in [1.82, 2.24) is 10.3 Å². The van der Waals surface area contributed by atoms with Gasteiger partial charge in [-0.15, -0.1) is 4.83 Å². The molecule has 6 nitrogen and oxygen atoms in total. The number of amides is 1. The second-order valence-corrected chi connectivity index (χ2v) is 4.60. The summed E-state index contributed by atoms with van der Waals surface area (Å²) in [4.78, 5) is 12.6. The number of ether oxygens (including phenoxy) is 1. The maximum Gasteiger partial charge on any atom is 0.422 e. The summed E-state index contributed by atoms with van der Waals surface area (Å²) < 4.78 is 26.2. The van der Waals surface area contributed by atoms with Crippen LogP contribution in [-0.2, 0) is 14.8 Å². The van der Waals surface area contributed by atoms with Gasteiger partial charge in [0.15, 0.2) is 0 Å². The van der Waals surface area contributed by atoms with E-state index in [-0.39, 0.29) is 11.9 Å². The minimum atomic E-state index is -3.41. The third-order valence-corrected chi connectivity index (χ3v) is 2.20. The van der Waals surface area contributed by atoms with Crippen molar-refractivity contribution in [2.75, 3.05) is 5.75 Å². The number of hydrogen-bond donors (Lipinski definition) is 2. The smallest absolute Gasteiger partial charge is 0.422 e. The van der Waals surface area contributed by atoms with E-state index in [0.717, 1.165) is 0 Å². The van der Waals surface area contributed by atoms with Gasteiger partial charge in [0.1, 0.15) is 0 Å². The van der Waals surface area contributed by atoms with E-state index in [1.54, 1.807) is 13.8 Å². The third-order valence-electron chi connectivity index (χ3n) is 1.03. The Kier molecular flexibility index (Phi) is 4.71. The van der Waals surface area contributed by atoms with E-state index in [9.17, 15) is 13.2 Å². The molecule has 0 radical (unpaired) electrons. The van der Waals surface area contributed by atoms with E-state index in [2.05, 4.69) is 4.74 Å². The molecule has 0 aromatic rings. The number of nitrogens with one attached hydrogen (secondary N) is 2. The maximum absolute atomic E-state index is 10.8. The zero-order valence-electron chi connectivity index (χ0n) is 7.83. The lowest BCUT2D eigenvalue weighted by atomic mass is 10.5. The second-order valence-electron chi connectivity index (χ2n) is 2.58. The fourth-order valence-electron chi connectivity index (χ4n) is 0.435. The number of carbonyl (C=O) groups excluding carboxylic acids is 1. The molecule has 0 aromatic heterocycles. The lowest BCUT2D eigenvalue weighted by Crippen LogP contribution is -2.43. The van der Waals surface area contributed by atoms with Gasteiger partial charge in [0, 0.05) is 0 Å². The molecule has 0 spiro atoms. The van der Waals surface area contributed by atoms with Gasteiger partial charge in [-0.1, -0.05) is 0 Å². The summed E-state index contributed by atoms with van der Waals surface area (Å²) in [5.41, 5.74) is 1.91. The first-order valence-corrected chi connectivity index (χ1v) is 5.48. The van der Waals surface area contributed by atoms with Gasteiger partial charge in [-0.05, 0) is 20.8 Å². The third kappa shape index (κ3) is 6.35. The SMILES string of the molecule is CCS(=O)(=O)NNC(=O)OC(C)C. The van der Waals surface area contributed by atoms with E-state index in [1.807, 2.05) is 10.3 Å². The molecule has 0 aliphatic carbocycles. The van der Waals surface area contributed by atoms with Crippen LogP contribution in [0.5, 0.6) is 0 Å². The summed E-state index contributed by atoms with van der Waals surface area (Å²) in [5.74, 6) is -0.102. The number of sulfonamides is 1. The molecule has 0 aromatic carbocycles. The fraction of sp³-hybridized carbons (Fsp3) is 0.833. The van der Waals surface area contributed by atoms with Crippen LogP contribution in [-0.4, -0.2) is 26.4 Å². The monoisotopic (exact) mass is 210 g/mol. The van der Waals surface area contributed by atoms with Gasteiger partial charge in [0.25, 0.3) is 0 Å². The lowest BCUT2D eigenvalue weighted by molar-refractivity contribution is 0.114. The molecular formula is C6H14N2O4S. The van der Waals surface area contributed by atoms with Crippen molar-refractivity contribution >= 4 is 16.1 Å². The van der Waals surface area contributed by atoms with Crippen molar-refractivity contribution < 1.29 is 17.9 Å². The van der Waals surface area contributed by atoms with E-state index in [1.165, 1.54) is 6.92 Å². The topological polar surface area (TPSA) is 84.5 Å². The summed E-state index contributed by atoms with van der Waals surface area (Å²) in [6, 6.07) is 0. The Balaban J connectivity index is 3.84. The van der Waals surface area contributed by atoms with Crippen LogP contribution in [0.1, 0.15) is 20.8 Å². The Morgan fingerprint density at radius 1 is 1.46 bits per heavy atom. The van der Waals surface area contributed by atoms with Crippen LogP contribution in [0.4, 0.5) is 4.79 Å². The minimum Gasteiger partial charge on any atom is -0.446 e. The van der Waals surface area contributed by atoms with Crippen molar-refractivity contribution in [3.8, 4) is 0 Å². The number of rotatable bonds is 4. The Bertz CT molecular complexity index is 260. The van der Waals surface area contributed by atoms with Crippen molar-refractivity contribution in [2.45, 2.75) is 26.9 Å². The molecule has 0 unspecified atom stereocenters. The average molecular weight is 210 g/mol. The fourth-order valence-corrected chi connectivity index (χ4v) is 0.818. The van der Waals surface area contributed by atoms with Crippen molar-refractivity contribution in [1.29, 1.82) is 0 Å². The summed E-state index contributed by atoms with van der Waals surface area (Å²) >= 11 is 0. The van der Waals surface area contributed by atoms with Crippen LogP contribution < -0.4 is 10.3 Å². The van der Waals surface area contributed by atoms with Crippen molar-refractivity contribution in [3.05, 3.63) is 0 Å². The van der Waals surface area contributed by atoms with Crippen LogP contribution >= 0.6 is 0 Å². The predicted octanol–water partition coefficient (Wildman–Crippen LogP) is -0.0247. The first-order chi connectivity index (χ1) is 5.87. The molecule has 0 heterocycles. The molecule has 7 heteroatoms. The molecule has 1 amide bonds. The summed E-state index contributed by atoms with van der Waals surface area (Å²) in [6.45, 7) is 4.78. The van der Waals surface area contributed by atoms with Gasteiger partial charge in [0.05, 0.1) is 11.9 Å². The molecule has 2 N–H and O–H groups in total. The highest BCUT2D eigenvalue weighted by Gasteiger charge is 2.09. The molecule has 0 fully saturated rings. The normalized spacial score (nSPS) is 11.4. The molecule has 0 atom stereocenters. The van der Waals surface area contributed by atoms with E-state index in [0.29, 0.717) is 0 Å². The molecule has 0 saturated carbocycles. The summed E-state index contributed by atoms with van der Waals surface area (Å²) in [5, 5.41) is 0. The zero-order valence-corrected chi connectivity index (χ0v) is 8.64. The van der Waals surface area contributed by atoms with E-state index < -0.39 is 16.1 Å². The molecule has 0 aliphatic heterocycles. The summed E-state index contributed by atoms with van der Waals surface area (Å²) in [7, 11) is -3.41. The number of hydrazine groups is 1. The van der Waals surface area contributed by atoms with Gasteiger partial charge in [-0.25, -0.2) is 18.6 Å². The van der Waals surface area contributed by atoms with Gasteiger partial charge in [0.2, 0.25) is 10.0 Å². The molecule has 0 aliphatic rings. The molecule has 0 rings (SSSR count). The minimum absolute atomic E-state index is 0.102. The number of carbonyl (C=O) groups is 1. The predicted molar refractivity (Wildman–Crippen MR) is 47.3 cm³/mol. The zero-order chi connectivity index (χ0) is 10.5. The van der Waals surface area contributed by atoms with Crippen molar-refractivity contribution in [3.63, 3.8) is 0 Å². The van der Waals surface area contributed by atoms with Crippen LogP contribution in [0.2, 0.25) is 0 Å². The highest BCUT2D eigenvalue weighted by Crippen LogP contribution is 1.87. The molecular weight excluding hydrogens is 196 g/mol. The van der Waals surface area contributed by atoms with Crippen LogP contribution in [0.15, 0.2) is 0 Å². The van der Waals surface area contributed by atoms with Crippen LogP contribution in [0.3, 0.4) is 0 Å². The Labute approximate surface area is 77.7 Å². The summed E-state index contributed by atoms with van der Waals surface area (Å²) in [6.07, 6.45) is -1.10. The molecule has 0 saturated heterocycles. The van der Waals surface area contributed by atoms with Crippen LogP contribution in [0, 0.1) is 0 Å². The first kappa shape index (κ1) is 12.2. The quantitative estimate of drug-likeness (QED) is 0.638.